The summed E-state index contributed by atoms with van der Waals surface area (Å²) in [7, 11) is -3.88. The van der Waals surface area contributed by atoms with E-state index in [4.69, 9.17) is 0 Å². The lowest BCUT2D eigenvalue weighted by molar-refractivity contribution is -0.142. The van der Waals surface area contributed by atoms with Gasteiger partial charge in [-0.1, -0.05) is 31.9 Å². The van der Waals surface area contributed by atoms with E-state index in [9.17, 15) is 27.6 Å². The predicted octanol–water partition coefficient (Wildman–Crippen LogP) is 1.51. The summed E-state index contributed by atoms with van der Waals surface area (Å²) in [6, 6.07) is -1.44. The van der Waals surface area contributed by atoms with Crippen LogP contribution in [0.2, 0.25) is 0 Å². The molecule has 3 fully saturated rings. The van der Waals surface area contributed by atoms with E-state index >= 15 is 0 Å². The van der Waals surface area contributed by atoms with Crippen LogP contribution < -0.4 is 15.4 Å². The highest BCUT2D eigenvalue weighted by Gasteiger charge is 2.61. The summed E-state index contributed by atoms with van der Waals surface area (Å²) in [4.78, 5) is 54.3. The first kappa shape index (κ1) is 27.6. The van der Waals surface area contributed by atoms with E-state index in [1.54, 1.807) is 6.92 Å². The van der Waals surface area contributed by atoms with Crippen molar-refractivity contribution in [1.29, 1.82) is 0 Å². The average Bonchev–Trinajstić information content (AvgIpc) is 3.77. The number of nitrogens with one attached hydrogen (secondary N) is 3. The Hall–Kier alpha value is -2.43. The number of hydrogen-bond acceptors (Lipinski definition) is 6. The Balaban J connectivity index is 1.55. The van der Waals surface area contributed by atoms with Crippen molar-refractivity contribution in [2.24, 2.45) is 11.8 Å². The lowest BCUT2D eigenvalue weighted by atomic mass is 10.0. The highest BCUT2D eigenvalue weighted by atomic mass is 32.2. The first-order valence-corrected chi connectivity index (χ1v) is 15.3. The van der Waals surface area contributed by atoms with Crippen LogP contribution in [0, 0.1) is 11.8 Å². The molecule has 1 unspecified atom stereocenters. The third-order valence-electron chi connectivity index (χ3n) is 8.24. The predicted molar refractivity (Wildman–Crippen MR) is 137 cm³/mol. The highest BCUT2D eigenvalue weighted by molar-refractivity contribution is 7.90. The maximum atomic E-state index is 13.6. The van der Waals surface area contributed by atoms with Gasteiger partial charge >= 0.3 is 0 Å². The monoisotopic (exact) mass is 536 g/mol. The van der Waals surface area contributed by atoms with E-state index in [1.807, 2.05) is 12.2 Å². The average molecular weight is 537 g/mol. The molecule has 0 radical (unpaired) electrons. The lowest BCUT2D eigenvalue weighted by Crippen LogP contribution is -2.58. The highest BCUT2D eigenvalue weighted by Crippen LogP contribution is 2.45. The van der Waals surface area contributed by atoms with Gasteiger partial charge in [-0.25, -0.2) is 8.42 Å². The smallest absolute Gasteiger partial charge is 0.259 e. The molecule has 2 heterocycles. The fourth-order valence-electron chi connectivity index (χ4n) is 5.27. The van der Waals surface area contributed by atoms with Crippen LogP contribution in [0.15, 0.2) is 12.2 Å². The van der Waals surface area contributed by atoms with Gasteiger partial charge in [0.2, 0.25) is 27.7 Å². The Morgan fingerprint density at radius 3 is 2.59 bits per heavy atom. The van der Waals surface area contributed by atoms with Crippen molar-refractivity contribution in [3.05, 3.63) is 12.2 Å². The number of allylic oxidation sites excluding steroid dienone is 1. The number of hydrogen-bond donors (Lipinski definition) is 3. The molecule has 4 rings (SSSR count). The van der Waals surface area contributed by atoms with Gasteiger partial charge in [0.15, 0.2) is 0 Å². The minimum Gasteiger partial charge on any atom is -0.344 e. The summed E-state index contributed by atoms with van der Waals surface area (Å²) in [5.41, 5.74) is -1.36. The van der Waals surface area contributed by atoms with E-state index in [1.165, 1.54) is 11.8 Å². The largest absolute Gasteiger partial charge is 0.344 e. The van der Waals surface area contributed by atoms with E-state index in [2.05, 4.69) is 15.4 Å². The van der Waals surface area contributed by atoms with Gasteiger partial charge in [0, 0.05) is 18.4 Å². The van der Waals surface area contributed by atoms with Crippen molar-refractivity contribution in [3.63, 3.8) is 0 Å². The van der Waals surface area contributed by atoms with E-state index in [0.717, 1.165) is 38.5 Å². The Kier molecular flexibility index (Phi) is 8.30. The molecule has 4 amide bonds. The molecule has 10 nitrogen and oxygen atoms in total. The van der Waals surface area contributed by atoms with Crippen molar-refractivity contribution in [3.8, 4) is 0 Å². The number of carbonyl (C=O) groups excluding carboxylic acids is 4. The van der Waals surface area contributed by atoms with Crippen molar-refractivity contribution < 1.29 is 27.6 Å². The minimum atomic E-state index is -3.88. The second kappa shape index (κ2) is 11.1. The molecule has 2 aliphatic heterocycles. The van der Waals surface area contributed by atoms with E-state index < -0.39 is 44.7 Å². The van der Waals surface area contributed by atoms with E-state index in [-0.39, 0.29) is 23.7 Å². The zero-order chi connectivity index (χ0) is 26.8. The summed E-state index contributed by atoms with van der Waals surface area (Å²) in [5.74, 6) is -1.89. The van der Waals surface area contributed by atoms with E-state index in [0.29, 0.717) is 38.6 Å². The standard InChI is InChI=1S/C26H40N4O6S/c1-3-17(2)37(35,36)29-25(34)26-16-19(26)10-7-5-4-6-8-11-20(27-22(31)18-13-14-18)24(33)30-15-9-12-21(30)23(32)28-26/h7,10,17-21H,3-6,8-9,11-16H2,1-2H3,(H,27,31)(H,28,32)(H,29,34)/b10-7-/t17?,19-,20+,21+,26-/m1/s1. The van der Waals surface area contributed by atoms with Crippen LogP contribution in [0.3, 0.4) is 0 Å². The Bertz CT molecular complexity index is 1060. The number of sulfonamides is 1. The normalized spacial score (nSPS) is 32.6. The van der Waals surface area contributed by atoms with Crippen molar-refractivity contribution in [1.82, 2.24) is 20.3 Å². The second-order valence-electron chi connectivity index (χ2n) is 11.1. The molecule has 0 aromatic rings. The molecule has 37 heavy (non-hydrogen) atoms. The zero-order valence-corrected chi connectivity index (χ0v) is 22.6. The fraction of sp³-hybridized carbons (Fsp3) is 0.769. The number of fused-ring (bicyclic) bond motifs is 2. The molecule has 0 aromatic carbocycles. The van der Waals surface area contributed by atoms with Crippen molar-refractivity contribution in [2.45, 2.75) is 107 Å². The fourth-order valence-corrected chi connectivity index (χ4v) is 6.35. The van der Waals surface area contributed by atoms with Crippen LogP contribution in [0.5, 0.6) is 0 Å². The zero-order valence-electron chi connectivity index (χ0n) is 21.8. The molecule has 2 saturated carbocycles. The van der Waals surface area contributed by atoms with Gasteiger partial charge in [0.05, 0.1) is 5.25 Å². The molecule has 1 saturated heterocycles. The summed E-state index contributed by atoms with van der Waals surface area (Å²) >= 11 is 0. The summed E-state index contributed by atoms with van der Waals surface area (Å²) < 4.78 is 27.4. The molecule has 2 aliphatic carbocycles. The maximum absolute atomic E-state index is 13.6. The Labute approximate surface area is 219 Å². The van der Waals surface area contributed by atoms with Crippen LogP contribution in [-0.2, 0) is 29.2 Å². The molecule has 5 atom stereocenters. The van der Waals surface area contributed by atoms with Crippen LogP contribution >= 0.6 is 0 Å². The Morgan fingerprint density at radius 1 is 1.14 bits per heavy atom. The summed E-state index contributed by atoms with van der Waals surface area (Å²) in [5, 5.41) is 5.03. The van der Waals surface area contributed by atoms with Gasteiger partial charge in [-0.2, -0.15) is 0 Å². The van der Waals surface area contributed by atoms with Gasteiger partial charge < -0.3 is 15.5 Å². The molecular formula is C26H40N4O6S. The Morgan fingerprint density at radius 2 is 1.89 bits per heavy atom. The van der Waals surface area contributed by atoms with Crippen LogP contribution in [0.1, 0.15) is 84.5 Å². The molecule has 11 heteroatoms. The van der Waals surface area contributed by atoms with Gasteiger partial charge in [-0.3, -0.25) is 23.9 Å². The van der Waals surface area contributed by atoms with Crippen LogP contribution in [0.4, 0.5) is 0 Å². The summed E-state index contributed by atoms with van der Waals surface area (Å²) in [6.07, 6.45) is 11.1. The molecule has 0 aromatic heterocycles. The van der Waals surface area contributed by atoms with Gasteiger partial charge in [-0.05, 0) is 64.7 Å². The van der Waals surface area contributed by atoms with Crippen LogP contribution in [0.25, 0.3) is 0 Å². The van der Waals surface area contributed by atoms with Gasteiger partial charge in [0.25, 0.3) is 5.91 Å². The maximum Gasteiger partial charge on any atom is 0.259 e. The molecule has 4 aliphatic rings. The second-order valence-corrected chi connectivity index (χ2v) is 13.2. The van der Waals surface area contributed by atoms with Crippen molar-refractivity contribution in [2.75, 3.05) is 6.54 Å². The lowest BCUT2D eigenvalue weighted by Gasteiger charge is -2.30. The molecule has 0 spiro atoms. The van der Waals surface area contributed by atoms with Gasteiger partial charge in [-0.15, -0.1) is 0 Å². The number of nitrogens with zero attached hydrogens (tertiary/aromatic N) is 1. The summed E-state index contributed by atoms with van der Waals surface area (Å²) in [6.45, 7) is 3.66. The first-order valence-electron chi connectivity index (χ1n) is 13.7. The topological polar surface area (TPSA) is 142 Å². The number of amides is 4. The molecule has 0 bridgehead atoms. The first-order chi connectivity index (χ1) is 17.6. The number of rotatable bonds is 6. The van der Waals surface area contributed by atoms with Crippen molar-refractivity contribution >= 4 is 33.7 Å². The number of carbonyl (C=O) groups is 4. The third-order valence-corrected chi connectivity index (χ3v) is 10.1. The van der Waals surface area contributed by atoms with Crippen LogP contribution in [-0.4, -0.2) is 66.4 Å². The third kappa shape index (κ3) is 6.18. The quantitative estimate of drug-likeness (QED) is 0.440. The molecule has 3 N–H and O–H groups in total. The molecule has 206 valence electrons. The van der Waals surface area contributed by atoms with Gasteiger partial charge in [0.1, 0.15) is 17.6 Å². The SMILES string of the molecule is CCC(C)S(=O)(=O)NC(=O)[C@@]12C[C@H]1/C=C\CCCCC[C@H](NC(=O)C1CC1)C(=O)N1CCC[C@H]1C(=O)N2. The molecular weight excluding hydrogens is 496 g/mol. The minimum absolute atomic E-state index is 0.0240.